The lowest BCUT2D eigenvalue weighted by Gasteiger charge is -2.24. The molecule has 1 saturated heterocycles. The molecule has 0 saturated carbocycles. The molecule has 1 fully saturated rings. The minimum Gasteiger partial charge on any atom is -0.497 e. The summed E-state index contributed by atoms with van der Waals surface area (Å²) in [4.78, 5) is 27.9. The Kier molecular flexibility index (Phi) is 6.37. The lowest BCUT2D eigenvalue weighted by Crippen LogP contribution is -2.33. The number of anilines is 3. The molecule has 31 heavy (non-hydrogen) atoms. The number of benzene rings is 1. The van der Waals surface area contributed by atoms with Crippen molar-refractivity contribution in [3.63, 3.8) is 0 Å². The highest BCUT2D eigenvalue weighted by Gasteiger charge is 2.29. The number of hydrogen-bond acceptors (Lipinski definition) is 7. The fourth-order valence-electron chi connectivity index (χ4n) is 3.86. The first-order valence-electron chi connectivity index (χ1n) is 10.3. The van der Waals surface area contributed by atoms with Gasteiger partial charge in [-0.2, -0.15) is 0 Å². The summed E-state index contributed by atoms with van der Waals surface area (Å²) in [6.45, 7) is 3.16. The third-order valence-corrected chi connectivity index (χ3v) is 5.23. The third-order valence-electron chi connectivity index (χ3n) is 5.23. The molecule has 8 nitrogen and oxygen atoms in total. The van der Waals surface area contributed by atoms with Gasteiger partial charge in [-0.05, 0) is 62.7 Å². The number of aromatic nitrogens is 3. The number of ether oxygens (including phenoxy) is 1. The highest BCUT2D eigenvalue weighted by atomic mass is 16.5. The predicted octanol–water partition coefficient (Wildman–Crippen LogP) is 3.71. The van der Waals surface area contributed by atoms with Gasteiger partial charge >= 0.3 is 0 Å². The summed E-state index contributed by atoms with van der Waals surface area (Å²) in [5, 5.41) is 6.25. The third kappa shape index (κ3) is 5.35. The fraction of sp³-hybridized carbons (Fsp3) is 0.304. The first kappa shape index (κ1) is 20.7. The van der Waals surface area contributed by atoms with Gasteiger partial charge in [0.25, 0.3) is 0 Å². The summed E-state index contributed by atoms with van der Waals surface area (Å²) in [5.74, 6) is 1.40. The Morgan fingerprint density at radius 1 is 1.19 bits per heavy atom. The number of likely N-dealkylation sites (tertiary alicyclic amines) is 1. The van der Waals surface area contributed by atoms with Crippen molar-refractivity contribution in [2.75, 3.05) is 30.8 Å². The number of rotatable bonds is 7. The SMILES string of the molecule is COc1ccc(NC(=O)CN2CCC[C@H]2c2cc(Nc3cnccn3)cc(C)n2)cc1. The molecule has 160 valence electrons. The van der Waals surface area contributed by atoms with Gasteiger partial charge in [0.2, 0.25) is 5.91 Å². The summed E-state index contributed by atoms with van der Waals surface area (Å²) in [7, 11) is 1.62. The van der Waals surface area contributed by atoms with Crippen LogP contribution >= 0.6 is 0 Å². The number of amides is 1. The van der Waals surface area contributed by atoms with Gasteiger partial charge in [-0.3, -0.25) is 19.7 Å². The standard InChI is InChI=1S/C23H26N6O2/c1-16-12-18(27-22-14-24-9-10-25-22)13-20(26-16)21-4-3-11-29(21)15-23(30)28-17-5-7-19(31-2)8-6-17/h5-10,12-14,21H,3-4,11,15H2,1-2H3,(H,28,30)(H,25,26,27)/t21-/m0/s1. The number of methoxy groups -OCH3 is 1. The van der Waals surface area contributed by atoms with Gasteiger partial charge in [0.05, 0.1) is 31.6 Å². The zero-order chi connectivity index (χ0) is 21.6. The molecule has 3 heterocycles. The second-order valence-electron chi connectivity index (χ2n) is 7.54. The van der Waals surface area contributed by atoms with Crippen LogP contribution in [0.15, 0.2) is 55.0 Å². The van der Waals surface area contributed by atoms with Gasteiger partial charge in [-0.15, -0.1) is 0 Å². The largest absolute Gasteiger partial charge is 0.497 e. The zero-order valence-electron chi connectivity index (χ0n) is 17.7. The van der Waals surface area contributed by atoms with E-state index in [1.165, 1.54) is 0 Å². The molecule has 3 aromatic rings. The molecule has 8 heteroatoms. The van der Waals surface area contributed by atoms with E-state index >= 15 is 0 Å². The molecule has 1 aromatic carbocycles. The van der Waals surface area contributed by atoms with E-state index in [1.54, 1.807) is 25.7 Å². The van der Waals surface area contributed by atoms with Crippen molar-refractivity contribution < 1.29 is 9.53 Å². The zero-order valence-corrected chi connectivity index (χ0v) is 17.7. The molecule has 1 aliphatic rings. The van der Waals surface area contributed by atoms with Crippen LogP contribution in [0, 0.1) is 6.92 Å². The summed E-state index contributed by atoms with van der Waals surface area (Å²) < 4.78 is 5.16. The summed E-state index contributed by atoms with van der Waals surface area (Å²) in [6.07, 6.45) is 6.97. The van der Waals surface area contributed by atoms with Crippen LogP contribution in [0.25, 0.3) is 0 Å². The number of nitrogens with zero attached hydrogens (tertiary/aromatic N) is 4. The van der Waals surface area contributed by atoms with Crippen molar-refractivity contribution in [2.45, 2.75) is 25.8 Å². The molecule has 0 spiro atoms. The normalized spacial score (nSPS) is 16.1. The van der Waals surface area contributed by atoms with E-state index in [9.17, 15) is 4.79 Å². The van der Waals surface area contributed by atoms with Crippen LogP contribution in [0.3, 0.4) is 0 Å². The van der Waals surface area contributed by atoms with Gasteiger partial charge in [0.15, 0.2) is 0 Å². The number of pyridine rings is 1. The Labute approximate surface area is 181 Å². The smallest absolute Gasteiger partial charge is 0.238 e. The van der Waals surface area contributed by atoms with Crippen molar-refractivity contribution in [3.8, 4) is 5.75 Å². The first-order valence-corrected chi connectivity index (χ1v) is 10.3. The average Bonchev–Trinajstić information content (AvgIpc) is 3.22. The number of nitrogens with one attached hydrogen (secondary N) is 2. The van der Waals surface area contributed by atoms with Gasteiger partial charge in [-0.25, -0.2) is 4.98 Å². The van der Waals surface area contributed by atoms with E-state index in [2.05, 4.69) is 25.5 Å². The van der Waals surface area contributed by atoms with E-state index < -0.39 is 0 Å². The maximum absolute atomic E-state index is 12.6. The Balaban J connectivity index is 1.44. The highest BCUT2D eigenvalue weighted by molar-refractivity contribution is 5.92. The Morgan fingerprint density at radius 3 is 2.77 bits per heavy atom. The molecule has 4 rings (SSSR count). The van der Waals surface area contributed by atoms with Gasteiger partial charge in [-0.1, -0.05) is 0 Å². The molecule has 1 amide bonds. The van der Waals surface area contributed by atoms with Crippen LogP contribution in [-0.4, -0.2) is 46.0 Å². The second-order valence-corrected chi connectivity index (χ2v) is 7.54. The molecule has 1 atom stereocenters. The molecule has 1 aliphatic heterocycles. The first-order chi connectivity index (χ1) is 15.1. The number of aryl methyl sites for hydroxylation is 1. The number of carbonyl (C=O) groups is 1. The van der Waals surface area contributed by atoms with E-state index in [4.69, 9.17) is 9.72 Å². The van der Waals surface area contributed by atoms with Crippen molar-refractivity contribution in [1.29, 1.82) is 0 Å². The molecular weight excluding hydrogens is 392 g/mol. The van der Waals surface area contributed by atoms with Crippen LogP contribution in [0.4, 0.5) is 17.2 Å². The van der Waals surface area contributed by atoms with Crippen LogP contribution < -0.4 is 15.4 Å². The Bertz CT molecular complexity index is 1030. The second kappa shape index (κ2) is 9.53. The molecule has 0 radical (unpaired) electrons. The topological polar surface area (TPSA) is 92.3 Å². The van der Waals surface area contributed by atoms with E-state index in [1.807, 2.05) is 43.3 Å². The molecule has 0 unspecified atom stereocenters. The van der Waals surface area contributed by atoms with Gasteiger partial charge < -0.3 is 15.4 Å². The fourth-order valence-corrected chi connectivity index (χ4v) is 3.86. The van der Waals surface area contributed by atoms with Crippen LogP contribution in [0.2, 0.25) is 0 Å². The monoisotopic (exact) mass is 418 g/mol. The van der Waals surface area contributed by atoms with Crippen molar-refractivity contribution >= 4 is 23.1 Å². The van der Waals surface area contributed by atoms with Gasteiger partial charge in [0.1, 0.15) is 11.6 Å². The maximum Gasteiger partial charge on any atom is 0.238 e. The summed E-state index contributed by atoms with van der Waals surface area (Å²) >= 11 is 0. The number of carbonyl (C=O) groups excluding carboxylic acids is 1. The molecule has 2 aromatic heterocycles. The van der Waals surface area contributed by atoms with Crippen LogP contribution in [-0.2, 0) is 4.79 Å². The van der Waals surface area contributed by atoms with Crippen molar-refractivity contribution in [2.24, 2.45) is 0 Å². The van der Waals surface area contributed by atoms with Crippen LogP contribution in [0.5, 0.6) is 5.75 Å². The molecule has 2 N–H and O–H groups in total. The molecule has 0 bridgehead atoms. The van der Waals surface area contributed by atoms with Crippen molar-refractivity contribution in [1.82, 2.24) is 19.9 Å². The number of hydrogen-bond donors (Lipinski definition) is 2. The average molecular weight is 419 g/mol. The predicted molar refractivity (Wildman–Crippen MR) is 119 cm³/mol. The Hall–Kier alpha value is -3.52. The molecule has 0 aliphatic carbocycles. The van der Waals surface area contributed by atoms with E-state index in [0.717, 1.165) is 47.9 Å². The maximum atomic E-state index is 12.6. The quantitative estimate of drug-likeness (QED) is 0.604. The minimum absolute atomic E-state index is 0.0392. The van der Waals surface area contributed by atoms with E-state index in [0.29, 0.717) is 12.4 Å². The summed E-state index contributed by atoms with van der Waals surface area (Å²) in [6, 6.07) is 11.5. The lowest BCUT2D eigenvalue weighted by molar-refractivity contribution is -0.117. The van der Waals surface area contributed by atoms with Crippen LogP contribution in [0.1, 0.15) is 30.3 Å². The Morgan fingerprint density at radius 2 is 2.03 bits per heavy atom. The molecular formula is C23H26N6O2. The van der Waals surface area contributed by atoms with Gasteiger partial charge in [0, 0.05) is 29.5 Å². The minimum atomic E-state index is -0.0392. The highest BCUT2D eigenvalue weighted by Crippen LogP contribution is 2.32. The van der Waals surface area contributed by atoms with E-state index in [-0.39, 0.29) is 11.9 Å². The lowest BCUT2D eigenvalue weighted by atomic mass is 10.1. The summed E-state index contributed by atoms with van der Waals surface area (Å²) in [5.41, 5.74) is 3.54. The van der Waals surface area contributed by atoms with Crippen molar-refractivity contribution in [3.05, 3.63) is 66.4 Å².